The summed E-state index contributed by atoms with van der Waals surface area (Å²) < 4.78 is 18.8. The van der Waals surface area contributed by atoms with Crippen LogP contribution in [0.2, 0.25) is 0 Å². The second-order valence-electron chi connectivity index (χ2n) is 4.09. The molecule has 92 valence electrons. The Morgan fingerprint density at radius 3 is 2.82 bits per heavy atom. The van der Waals surface area contributed by atoms with E-state index in [1.54, 1.807) is 12.1 Å². The van der Waals surface area contributed by atoms with Gasteiger partial charge in [0.05, 0.1) is 6.61 Å². The van der Waals surface area contributed by atoms with Crippen molar-refractivity contribution in [1.82, 2.24) is 0 Å². The molecule has 0 spiro atoms. The van der Waals surface area contributed by atoms with Crippen molar-refractivity contribution in [2.45, 2.75) is 20.3 Å². The Morgan fingerprint density at radius 1 is 1.41 bits per heavy atom. The van der Waals surface area contributed by atoms with E-state index < -0.39 is 0 Å². The molecule has 1 rings (SSSR count). The van der Waals surface area contributed by atoms with E-state index in [0.29, 0.717) is 24.8 Å². The number of hydrogen-bond donors (Lipinski definition) is 0. The number of ether oxygens (including phenoxy) is 1. The fourth-order valence-corrected chi connectivity index (χ4v) is 1.25. The van der Waals surface area contributed by atoms with Crippen LogP contribution in [0.4, 0.5) is 4.39 Å². The average Bonchev–Trinajstić information content (AvgIpc) is 2.29. The van der Waals surface area contributed by atoms with Crippen LogP contribution in [0.5, 0.6) is 5.75 Å². The van der Waals surface area contributed by atoms with Crippen LogP contribution >= 0.6 is 11.6 Å². The Morgan fingerprint density at radius 2 is 2.18 bits per heavy atom. The van der Waals surface area contributed by atoms with Gasteiger partial charge >= 0.3 is 0 Å². The molecule has 0 N–H and O–H groups in total. The Bertz CT molecular complexity index is 418. The maximum Gasteiger partial charge on any atom is 0.165 e. The van der Waals surface area contributed by atoms with Gasteiger partial charge in [-0.05, 0) is 24.1 Å². The van der Waals surface area contributed by atoms with Crippen LogP contribution in [0.15, 0.2) is 18.2 Å². The van der Waals surface area contributed by atoms with Crippen LogP contribution in [0, 0.1) is 23.6 Å². The van der Waals surface area contributed by atoms with Gasteiger partial charge in [-0.2, -0.15) is 0 Å². The van der Waals surface area contributed by atoms with Crippen LogP contribution < -0.4 is 4.74 Å². The fourth-order valence-electron chi connectivity index (χ4n) is 1.16. The lowest BCUT2D eigenvalue weighted by Gasteiger charge is -2.09. The highest BCUT2D eigenvalue weighted by atomic mass is 35.5. The van der Waals surface area contributed by atoms with Gasteiger partial charge in [0, 0.05) is 17.9 Å². The van der Waals surface area contributed by atoms with E-state index in [1.807, 2.05) is 13.8 Å². The smallest absolute Gasteiger partial charge is 0.165 e. The average molecular weight is 255 g/mol. The van der Waals surface area contributed by atoms with Gasteiger partial charge in [-0.25, -0.2) is 4.39 Å². The molecule has 0 heterocycles. The predicted molar refractivity (Wildman–Crippen MR) is 68.9 cm³/mol. The maximum atomic E-state index is 13.4. The molecule has 0 aliphatic rings. The summed E-state index contributed by atoms with van der Waals surface area (Å²) >= 11 is 5.52. The molecule has 0 saturated carbocycles. The topological polar surface area (TPSA) is 9.23 Å². The van der Waals surface area contributed by atoms with E-state index >= 15 is 0 Å². The first-order valence-electron chi connectivity index (χ1n) is 5.60. The van der Waals surface area contributed by atoms with E-state index in [9.17, 15) is 4.39 Å². The van der Waals surface area contributed by atoms with Crippen molar-refractivity contribution in [1.29, 1.82) is 0 Å². The van der Waals surface area contributed by atoms with Gasteiger partial charge in [0.15, 0.2) is 11.6 Å². The van der Waals surface area contributed by atoms with E-state index in [-0.39, 0.29) is 11.6 Å². The number of alkyl halides is 1. The van der Waals surface area contributed by atoms with Crippen molar-refractivity contribution in [3.63, 3.8) is 0 Å². The van der Waals surface area contributed by atoms with Gasteiger partial charge < -0.3 is 4.74 Å². The van der Waals surface area contributed by atoms with Crippen LogP contribution in [-0.4, -0.2) is 12.5 Å². The summed E-state index contributed by atoms with van der Waals surface area (Å²) in [6.07, 6.45) is 0.626. The standard InChI is InChI=1S/C14H16ClFO/c1-11(2)10-17-14-9-12(5-3-4-8-15)6-7-13(14)16/h6-7,9,11H,4,8,10H2,1-2H3. The Labute approximate surface area is 107 Å². The zero-order valence-electron chi connectivity index (χ0n) is 10.1. The van der Waals surface area contributed by atoms with Gasteiger partial charge in [0.1, 0.15) is 0 Å². The highest BCUT2D eigenvalue weighted by Crippen LogP contribution is 2.19. The Hall–Kier alpha value is -1.20. The van der Waals surface area contributed by atoms with E-state index in [2.05, 4.69) is 11.8 Å². The summed E-state index contributed by atoms with van der Waals surface area (Å²) in [5.41, 5.74) is 0.746. The molecule has 0 aliphatic carbocycles. The van der Waals surface area contributed by atoms with Gasteiger partial charge in [0.2, 0.25) is 0 Å². The third kappa shape index (κ3) is 5.10. The third-order valence-corrected chi connectivity index (χ3v) is 2.14. The van der Waals surface area contributed by atoms with Crippen LogP contribution in [-0.2, 0) is 0 Å². The molecule has 0 bridgehead atoms. The van der Waals surface area contributed by atoms with Gasteiger partial charge in [0.25, 0.3) is 0 Å². The molecule has 1 aromatic rings. The Kier molecular flexibility index (Phi) is 5.86. The van der Waals surface area contributed by atoms with Crippen molar-refractivity contribution < 1.29 is 9.13 Å². The molecule has 0 saturated heterocycles. The molecule has 1 aromatic carbocycles. The summed E-state index contributed by atoms with van der Waals surface area (Å²) in [6.45, 7) is 4.53. The highest BCUT2D eigenvalue weighted by molar-refractivity contribution is 6.18. The molecule has 0 aliphatic heterocycles. The lowest BCUT2D eigenvalue weighted by atomic mass is 10.2. The monoisotopic (exact) mass is 254 g/mol. The molecule has 1 nitrogen and oxygen atoms in total. The summed E-state index contributed by atoms with van der Waals surface area (Å²) in [5.74, 6) is 6.60. The van der Waals surface area contributed by atoms with Gasteiger partial charge in [-0.1, -0.05) is 25.7 Å². The van der Waals surface area contributed by atoms with Crippen molar-refractivity contribution >= 4 is 11.6 Å². The Balaban J connectivity index is 2.76. The quantitative estimate of drug-likeness (QED) is 0.586. The molecule has 0 unspecified atom stereocenters. The SMILES string of the molecule is CC(C)COc1cc(C#CCCCl)ccc1F. The summed E-state index contributed by atoms with van der Waals surface area (Å²) in [5, 5.41) is 0. The summed E-state index contributed by atoms with van der Waals surface area (Å²) in [6, 6.07) is 4.64. The maximum absolute atomic E-state index is 13.4. The minimum Gasteiger partial charge on any atom is -0.490 e. The summed E-state index contributed by atoms with van der Waals surface area (Å²) in [7, 11) is 0. The molecule has 0 atom stereocenters. The molecule has 0 fully saturated rings. The molecule has 0 radical (unpaired) electrons. The lowest BCUT2D eigenvalue weighted by Crippen LogP contribution is -2.05. The first-order chi connectivity index (χ1) is 8.13. The number of halogens is 2. The van der Waals surface area contributed by atoms with Gasteiger partial charge in [-0.3, -0.25) is 0 Å². The molecular weight excluding hydrogens is 239 g/mol. The molecule has 0 amide bonds. The van der Waals surface area contributed by atoms with Crippen molar-refractivity contribution in [3.05, 3.63) is 29.6 Å². The fraction of sp³-hybridized carbons (Fsp3) is 0.429. The first-order valence-corrected chi connectivity index (χ1v) is 6.14. The zero-order chi connectivity index (χ0) is 12.7. The van der Waals surface area contributed by atoms with Crippen molar-refractivity contribution in [3.8, 4) is 17.6 Å². The van der Waals surface area contributed by atoms with Crippen LogP contribution in [0.3, 0.4) is 0 Å². The highest BCUT2D eigenvalue weighted by Gasteiger charge is 2.04. The largest absolute Gasteiger partial charge is 0.490 e. The second-order valence-corrected chi connectivity index (χ2v) is 4.47. The van der Waals surface area contributed by atoms with Gasteiger partial charge in [-0.15, -0.1) is 11.6 Å². The summed E-state index contributed by atoms with van der Waals surface area (Å²) in [4.78, 5) is 0. The number of hydrogen-bond acceptors (Lipinski definition) is 1. The number of benzene rings is 1. The lowest BCUT2D eigenvalue weighted by molar-refractivity contribution is 0.259. The minimum absolute atomic E-state index is 0.261. The molecule has 0 aromatic heterocycles. The van der Waals surface area contributed by atoms with Crippen molar-refractivity contribution in [2.24, 2.45) is 5.92 Å². The minimum atomic E-state index is -0.353. The van der Waals surface area contributed by atoms with Crippen LogP contribution in [0.1, 0.15) is 25.8 Å². The third-order valence-electron chi connectivity index (χ3n) is 1.96. The molecule has 3 heteroatoms. The van der Waals surface area contributed by atoms with Crippen LogP contribution in [0.25, 0.3) is 0 Å². The molecular formula is C14H16ClFO. The van der Waals surface area contributed by atoms with E-state index in [4.69, 9.17) is 16.3 Å². The zero-order valence-corrected chi connectivity index (χ0v) is 10.9. The van der Waals surface area contributed by atoms with E-state index in [0.717, 1.165) is 5.56 Å². The number of rotatable bonds is 4. The second kappa shape index (κ2) is 7.19. The van der Waals surface area contributed by atoms with Crippen molar-refractivity contribution in [2.75, 3.05) is 12.5 Å². The molecule has 17 heavy (non-hydrogen) atoms. The van der Waals surface area contributed by atoms with E-state index in [1.165, 1.54) is 6.07 Å². The first kappa shape index (κ1) is 13.9. The predicted octanol–water partition coefficient (Wildman–Crippen LogP) is 3.84. The normalized spacial score (nSPS) is 9.94.